The molecular formula is C10H13P. The van der Waals surface area contributed by atoms with E-state index in [9.17, 15) is 0 Å². The van der Waals surface area contributed by atoms with E-state index in [1.54, 1.807) is 0 Å². The minimum atomic E-state index is 1.09. The Labute approximate surface area is 69.8 Å². The predicted molar refractivity (Wildman–Crippen MR) is 51.5 cm³/mol. The molecule has 1 aliphatic rings. The minimum absolute atomic E-state index is 1.09. The maximum absolute atomic E-state index is 2.23. The van der Waals surface area contributed by atoms with E-state index in [2.05, 4.69) is 30.3 Å². The van der Waals surface area contributed by atoms with Gasteiger partial charge in [-0.2, -0.15) is 0 Å². The van der Waals surface area contributed by atoms with E-state index >= 15 is 0 Å². The van der Waals surface area contributed by atoms with Gasteiger partial charge in [-0.1, -0.05) is 30.3 Å². The maximum atomic E-state index is 2.23. The minimum Gasteiger partial charge on any atom is -0.114 e. The molecule has 1 aromatic rings. The van der Waals surface area contributed by atoms with Crippen molar-refractivity contribution < 1.29 is 0 Å². The van der Waals surface area contributed by atoms with Crippen molar-refractivity contribution in [2.24, 2.45) is 0 Å². The topological polar surface area (TPSA) is 0 Å². The fourth-order valence-corrected chi connectivity index (χ4v) is 2.48. The van der Waals surface area contributed by atoms with Crippen molar-refractivity contribution >= 4 is 8.58 Å². The van der Waals surface area contributed by atoms with Crippen LogP contribution in [-0.4, -0.2) is 5.66 Å². The molecule has 0 spiro atoms. The molecule has 0 aliphatic heterocycles. The number of hydrogen-bond donors (Lipinski definition) is 0. The highest BCUT2D eigenvalue weighted by Crippen LogP contribution is 2.40. The molecule has 0 saturated heterocycles. The molecule has 0 N–H and O–H groups in total. The highest BCUT2D eigenvalue weighted by Gasteiger charge is 2.20. The molecule has 1 atom stereocenters. The standard InChI is InChI=1S/C10H13P/c1-2-4-9(5-3-1)8-11-10-6-7-10/h1-5,10-11H,6-8H2. The van der Waals surface area contributed by atoms with Gasteiger partial charge >= 0.3 is 0 Å². The summed E-state index contributed by atoms with van der Waals surface area (Å²) >= 11 is 0. The summed E-state index contributed by atoms with van der Waals surface area (Å²) in [4.78, 5) is 0. The van der Waals surface area contributed by atoms with Crippen molar-refractivity contribution in [1.29, 1.82) is 0 Å². The summed E-state index contributed by atoms with van der Waals surface area (Å²) in [7, 11) is 1.18. The average Bonchev–Trinajstić information content (AvgIpc) is 2.86. The van der Waals surface area contributed by atoms with Gasteiger partial charge in [0.05, 0.1) is 0 Å². The molecule has 11 heavy (non-hydrogen) atoms. The lowest BCUT2D eigenvalue weighted by atomic mass is 10.2. The van der Waals surface area contributed by atoms with Crippen molar-refractivity contribution in [3.05, 3.63) is 35.9 Å². The first kappa shape index (κ1) is 7.31. The first-order valence-electron chi connectivity index (χ1n) is 4.22. The summed E-state index contributed by atoms with van der Waals surface area (Å²) in [6, 6.07) is 10.8. The molecular weight excluding hydrogens is 151 g/mol. The fourth-order valence-electron chi connectivity index (χ4n) is 1.15. The van der Waals surface area contributed by atoms with Crippen LogP contribution in [0, 0.1) is 0 Å². The Morgan fingerprint density at radius 3 is 2.55 bits per heavy atom. The largest absolute Gasteiger partial charge is 0.114 e. The number of hydrogen-bond acceptors (Lipinski definition) is 0. The quantitative estimate of drug-likeness (QED) is 0.602. The Bertz CT molecular complexity index is 214. The number of rotatable bonds is 3. The molecule has 0 radical (unpaired) electrons. The molecule has 58 valence electrons. The predicted octanol–water partition coefficient (Wildman–Crippen LogP) is 3.03. The first-order chi connectivity index (χ1) is 5.45. The van der Waals surface area contributed by atoms with Crippen LogP contribution in [0.15, 0.2) is 30.3 Å². The second-order valence-electron chi connectivity index (χ2n) is 3.14. The van der Waals surface area contributed by atoms with Crippen molar-refractivity contribution in [2.75, 3.05) is 0 Å². The molecule has 1 aromatic carbocycles. The third-order valence-corrected chi connectivity index (χ3v) is 3.78. The van der Waals surface area contributed by atoms with Gasteiger partial charge < -0.3 is 0 Å². The zero-order valence-electron chi connectivity index (χ0n) is 6.59. The SMILES string of the molecule is c1ccc(CPC2CC2)cc1. The van der Waals surface area contributed by atoms with E-state index in [4.69, 9.17) is 0 Å². The van der Waals surface area contributed by atoms with Crippen molar-refractivity contribution in [3.8, 4) is 0 Å². The Kier molecular flexibility index (Phi) is 2.23. The summed E-state index contributed by atoms with van der Waals surface area (Å²) in [5, 5.41) is 0. The molecule has 0 aromatic heterocycles. The summed E-state index contributed by atoms with van der Waals surface area (Å²) in [5.74, 6) is 0. The summed E-state index contributed by atoms with van der Waals surface area (Å²) in [5.41, 5.74) is 2.60. The second kappa shape index (κ2) is 3.36. The molecule has 1 fully saturated rings. The molecule has 0 heterocycles. The zero-order chi connectivity index (χ0) is 7.52. The highest BCUT2D eigenvalue weighted by atomic mass is 31.1. The van der Waals surface area contributed by atoms with Crippen LogP contribution in [0.2, 0.25) is 0 Å². The van der Waals surface area contributed by atoms with Gasteiger partial charge in [0.25, 0.3) is 0 Å². The van der Waals surface area contributed by atoms with E-state index < -0.39 is 0 Å². The van der Waals surface area contributed by atoms with Crippen LogP contribution in [0.5, 0.6) is 0 Å². The van der Waals surface area contributed by atoms with Gasteiger partial charge in [0.2, 0.25) is 0 Å². The van der Waals surface area contributed by atoms with Crippen LogP contribution in [0.25, 0.3) is 0 Å². The highest BCUT2D eigenvalue weighted by molar-refractivity contribution is 7.38. The molecule has 0 amide bonds. The van der Waals surface area contributed by atoms with Crippen LogP contribution in [0.3, 0.4) is 0 Å². The molecule has 1 saturated carbocycles. The summed E-state index contributed by atoms with van der Waals surface area (Å²) < 4.78 is 0. The van der Waals surface area contributed by atoms with Gasteiger partial charge in [-0.05, 0) is 30.2 Å². The molecule has 0 bridgehead atoms. The van der Waals surface area contributed by atoms with E-state index in [-0.39, 0.29) is 0 Å². The van der Waals surface area contributed by atoms with Gasteiger partial charge in [-0.3, -0.25) is 0 Å². The van der Waals surface area contributed by atoms with Gasteiger partial charge in [-0.25, -0.2) is 0 Å². The fraction of sp³-hybridized carbons (Fsp3) is 0.400. The van der Waals surface area contributed by atoms with Crippen molar-refractivity contribution in [1.82, 2.24) is 0 Å². The molecule has 1 unspecified atom stereocenters. The van der Waals surface area contributed by atoms with E-state index in [0.29, 0.717) is 0 Å². The van der Waals surface area contributed by atoms with Crippen molar-refractivity contribution in [2.45, 2.75) is 24.7 Å². The summed E-state index contributed by atoms with van der Waals surface area (Å²) in [6.45, 7) is 0. The Hall–Kier alpha value is -0.350. The Morgan fingerprint density at radius 2 is 1.91 bits per heavy atom. The lowest BCUT2D eigenvalue weighted by Gasteiger charge is -1.98. The lowest BCUT2D eigenvalue weighted by Crippen LogP contribution is -1.77. The van der Waals surface area contributed by atoms with Gasteiger partial charge in [0.1, 0.15) is 0 Å². The average molecular weight is 164 g/mol. The Morgan fingerprint density at radius 1 is 1.18 bits per heavy atom. The monoisotopic (exact) mass is 164 g/mol. The van der Waals surface area contributed by atoms with Crippen molar-refractivity contribution in [3.63, 3.8) is 0 Å². The van der Waals surface area contributed by atoms with Gasteiger partial charge in [0, 0.05) is 0 Å². The van der Waals surface area contributed by atoms with Crippen LogP contribution in [0.4, 0.5) is 0 Å². The zero-order valence-corrected chi connectivity index (χ0v) is 7.59. The van der Waals surface area contributed by atoms with Crippen LogP contribution < -0.4 is 0 Å². The first-order valence-corrected chi connectivity index (χ1v) is 5.51. The van der Waals surface area contributed by atoms with Gasteiger partial charge in [-0.15, -0.1) is 8.58 Å². The van der Waals surface area contributed by atoms with E-state index in [1.807, 2.05) is 0 Å². The summed E-state index contributed by atoms with van der Waals surface area (Å²) in [6.07, 6.45) is 4.29. The lowest BCUT2D eigenvalue weighted by molar-refractivity contribution is 1.37. The maximum Gasteiger partial charge on any atom is -0.00981 e. The van der Waals surface area contributed by atoms with Crippen LogP contribution in [-0.2, 0) is 6.16 Å². The third kappa shape index (κ3) is 2.31. The third-order valence-electron chi connectivity index (χ3n) is 2.02. The van der Waals surface area contributed by atoms with Gasteiger partial charge in [0.15, 0.2) is 0 Å². The Balaban J connectivity index is 1.85. The molecule has 1 heteroatoms. The molecule has 0 nitrogen and oxygen atoms in total. The van der Waals surface area contributed by atoms with E-state index in [0.717, 1.165) is 5.66 Å². The van der Waals surface area contributed by atoms with E-state index in [1.165, 1.54) is 33.1 Å². The second-order valence-corrected chi connectivity index (χ2v) is 4.72. The molecule has 2 rings (SSSR count). The van der Waals surface area contributed by atoms with Crippen LogP contribution in [0.1, 0.15) is 18.4 Å². The number of benzene rings is 1. The normalized spacial score (nSPS) is 17.8. The molecule has 1 aliphatic carbocycles. The smallest absolute Gasteiger partial charge is 0.00981 e. The van der Waals surface area contributed by atoms with Crippen LogP contribution >= 0.6 is 8.58 Å².